The van der Waals surface area contributed by atoms with Crippen molar-refractivity contribution in [2.75, 3.05) is 0 Å². The van der Waals surface area contributed by atoms with Gasteiger partial charge in [-0.1, -0.05) is 35.4 Å². The second kappa shape index (κ2) is 1.98. The van der Waals surface area contributed by atoms with Crippen molar-refractivity contribution in [3.63, 3.8) is 0 Å². The summed E-state index contributed by atoms with van der Waals surface area (Å²) in [5.41, 5.74) is 6.66. The number of benzene rings is 1. The zero-order valence-corrected chi connectivity index (χ0v) is 8.62. The van der Waals surface area contributed by atoms with E-state index < -0.39 is 0 Å². The molecule has 0 saturated heterocycles. The molecule has 0 spiro atoms. The molecule has 1 aromatic carbocycles. The fourth-order valence-electron chi connectivity index (χ4n) is 3.96. The first-order valence-electron chi connectivity index (χ1n) is 5.57. The van der Waals surface area contributed by atoms with Crippen molar-refractivity contribution in [2.24, 2.45) is 11.8 Å². The third kappa shape index (κ3) is 0.563. The van der Waals surface area contributed by atoms with Crippen LogP contribution in [0.3, 0.4) is 0 Å². The molecule has 4 rings (SSSR count). The van der Waals surface area contributed by atoms with Gasteiger partial charge < -0.3 is 0 Å². The largest absolute Gasteiger partial charge is 0.0763 e. The van der Waals surface area contributed by atoms with Crippen molar-refractivity contribution in [1.82, 2.24) is 0 Å². The maximum absolute atomic E-state index is 2.34. The van der Waals surface area contributed by atoms with Gasteiger partial charge in [-0.25, -0.2) is 0 Å². The van der Waals surface area contributed by atoms with Gasteiger partial charge in [0.2, 0.25) is 0 Å². The number of fused-ring (bicyclic) bond motifs is 4. The maximum atomic E-state index is 2.34. The van der Waals surface area contributed by atoms with E-state index >= 15 is 0 Å². The minimum absolute atomic E-state index is 0.825. The van der Waals surface area contributed by atoms with Gasteiger partial charge in [-0.15, -0.1) is 0 Å². The van der Waals surface area contributed by atoms with Crippen molar-refractivity contribution in [3.05, 3.63) is 46.5 Å². The summed E-state index contributed by atoms with van der Waals surface area (Å²) >= 11 is 0. The molecule has 1 aromatic rings. The van der Waals surface area contributed by atoms with Crippen LogP contribution >= 0.6 is 0 Å². The Kier molecular flexibility index (Phi) is 1.03. The lowest BCUT2D eigenvalue weighted by molar-refractivity contribution is 0.522. The Hall–Kier alpha value is -1.04. The minimum Gasteiger partial charge on any atom is -0.0763 e. The van der Waals surface area contributed by atoms with Crippen LogP contribution in [0, 0.1) is 11.8 Å². The molecule has 0 aromatic heterocycles. The average molecular weight is 182 g/mol. The lowest BCUT2D eigenvalue weighted by atomic mass is 9.72. The Bertz CT molecular complexity index is 463. The van der Waals surface area contributed by atoms with Gasteiger partial charge in [0.25, 0.3) is 0 Å². The molecule has 3 aliphatic carbocycles. The van der Waals surface area contributed by atoms with E-state index in [-0.39, 0.29) is 0 Å². The molecule has 0 heteroatoms. The summed E-state index contributed by atoms with van der Waals surface area (Å²) in [4.78, 5) is 0. The standard InChI is InChI=1S/C14H14/c1-7(2)10-11-8-5-3-4-6-9(8)12-13(10)14(11)12/h3-6,11-14H,1-2H3/t11-,12+,13-,14-/m0/s1. The van der Waals surface area contributed by atoms with Crippen LogP contribution in [0.25, 0.3) is 0 Å². The molecular formula is C14H14. The van der Waals surface area contributed by atoms with Crippen molar-refractivity contribution >= 4 is 0 Å². The molecule has 0 aliphatic heterocycles. The lowest BCUT2D eigenvalue weighted by Gasteiger charge is -2.32. The molecule has 2 fully saturated rings. The number of hydrogen-bond acceptors (Lipinski definition) is 0. The van der Waals surface area contributed by atoms with E-state index in [1.807, 2.05) is 0 Å². The van der Waals surface area contributed by atoms with Crippen molar-refractivity contribution in [3.8, 4) is 0 Å². The van der Waals surface area contributed by atoms with Crippen LogP contribution in [-0.4, -0.2) is 0 Å². The van der Waals surface area contributed by atoms with Crippen molar-refractivity contribution < 1.29 is 0 Å². The Morgan fingerprint density at radius 2 is 1.71 bits per heavy atom. The van der Waals surface area contributed by atoms with Gasteiger partial charge in [-0.05, 0) is 42.7 Å². The highest BCUT2D eigenvalue weighted by atomic mass is 14.7. The smallest absolute Gasteiger partial charge is 0.00968 e. The highest BCUT2D eigenvalue weighted by Gasteiger charge is 2.71. The van der Waals surface area contributed by atoms with Crippen LogP contribution in [0.15, 0.2) is 35.4 Å². The van der Waals surface area contributed by atoms with E-state index in [1.165, 1.54) is 0 Å². The zero-order valence-electron chi connectivity index (χ0n) is 8.62. The maximum Gasteiger partial charge on any atom is 0.00968 e. The number of hydrogen-bond donors (Lipinski definition) is 0. The molecular weight excluding hydrogens is 168 g/mol. The Morgan fingerprint density at radius 3 is 2.43 bits per heavy atom. The average Bonchev–Trinajstić information content (AvgIpc) is 2.66. The molecule has 70 valence electrons. The molecule has 0 nitrogen and oxygen atoms in total. The minimum atomic E-state index is 0.825. The first-order chi connectivity index (χ1) is 6.80. The van der Waals surface area contributed by atoms with Crippen LogP contribution in [0.4, 0.5) is 0 Å². The molecule has 0 N–H and O–H groups in total. The summed E-state index contributed by atoms with van der Waals surface area (Å²) in [6.07, 6.45) is 0. The van der Waals surface area contributed by atoms with E-state index in [1.54, 1.807) is 22.3 Å². The quantitative estimate of drug-likeness (QED) is 0.539. The molecule has 4 atom stereocenters. The topological polar surface area (TPSA) is 0 Å². The summed E-state index contributed by atoms with van der Waals surface area (Å²) in [6, 6.07) is 9.07. The Morgan fingerprint density at radius 1 is 1.00 bits per heavy atom. The zero-order chi connectivity index (χ0) is 9.45. The third-order valence-corrected chi connectivity index (χ3v) is 4.42. The van der Waals surface area contributed by atoms with Gasteiger partial charge in [0.1, 0.15) is 0 Å². The van der Waals surface area contributed by atoms with E-state index in [4.69, 9.17) is 0 Å². The number of allylic oxidation sites excluding steroid dienone is 2. The molecule has 0 radical (unpaired) electrons. The third-order valence-electron chi connectivity index (χ3n) is 4.42. The predicted molar refractivity (Wildman–Crippen MR) is 57.3 cm³/mol. The summed E-state index contributed by atoms with van der Waals surface area (Å²) in [5.74, 6) is 3.71. The lowest BCUT2D eigenvalue weighted by Crippen LogP contribution is -2.20. The molecule has 0 unspecified atom stereocenters. The van der Waals surface area contributed by atoms with Gasteiger partial charge in [0.15, 0.2) is 0 Å². The normalized spacial score (nSPS) is 40.0. The highest BCUT2D eigenvalue weighted by molar-refractivity contribution is 5.63. The molecule has 2 saturated carbocycles. The van der Waals surface area contributed by atoms with Gasteiger partial charge in [0, 0.05) is 5.92 Å². The number of rotatable bonds is 0. The second-order valence-corrected chi connectivity index (χ2v) is 5.19. The van der Waals surface area contributed by atoms with Gasteiger partial charge in [-0.2, -0.15) is 0 Å². The van der Waals surface area contributed by atoms with Crippen LogP contribution < -0.4 is 0 Å². The Balaban J connectivity index is 1.95. The SMILES string of the molecule is CC(C)=C1[C@H]2[C@H]3c4ccccc4[C@@H]1[C@H]23. The summed E-state index contributed by atoms with van der Waals surface area (Å²) in [5, 5.41) is 0. The van der Waals surface area contributed by atoms with Crippen LogP contribution in [0.5, 0.6) is 0 Å². The summed E-state index contributed by atoms with van der Waals surface area (Å²) < 4.78 is 0. The highest BCUT2D eigenvalue weighted by Crippen LogP contribution is 2.81. The van der Waals surface area contributed by atoms with Gasteiger partial charge >= 0.3 is 0 Å². The molecule has 0 amide bonds. The van der Waals surface area contributed by atoms with E-state index in [9.17, 15) is 0 Å². The molecule has 0 bridgehead atoms. The summed E-state index contributed by atoms with van der Waals surface area (Å²) in [6.45, 7) is 4.56. The fraction of sp³-hybridized carbons (Fsp3) is 0.429. The van der Waals surface area contributed by atoms with E-state index in [0.717, 1.165) is 23.7 Å². The first-order valence-corrected chi connectivity index (χ1v) is 5.57. The molecule has 3 aliphatic rings. The van der Waals surface area contributed by atoms with Crippen LogP contribution in [0.1, 0.15) is 36.8 Å². The van der Waals surface area contributed by atoms with Gasteiger partial charge in [0.05, 0.1) is 0 Å². The fourth-order valence-corrected chi connectivity index (χ4v) is 3.96. The van der Waals surface area contributed by atoms with E-state index in [0.29, 0.717) is 0 Å². The van der Waals surface area contributed by atoms with Gasteiger partial charge in [-0.3, -0.25) is 0 Å². The van der Waals surface area contributed by atoms with Crippen LogP contribution in [0.2, 0.25) is 0 Å². The molecule has 14 heavy (non-hydrogen) atoms. The van der Waals surface area contributed by atoms with Crippen molar-refractivity contribution in [1.29, 1.82) is 0 Å². The molecule has 0 heterocycles. The first kappa shape index (κ1) is 7.28. The summed E-state index contributed by atoms with van der Waals surface area (Å²) in [7, 11) is 0. The predicted octanol–water partition coefficient (Wildman–Crippen LogP) is 3.46. The second-order valence-electron chi connectivity index (χ2n) is 5.19. The monoisotopic (exact) mass is 182 g/mol. The Labute approximate surface area is 84.6 Å². The van der Waals surface area contributed by atoms with Crippen LogP contribution in [-0.2, 0) is 0 Å². The van der Waals surface area contributed by atoms with Crippen molar-refractivity contribution in [2.45, 2.75) is 25.7 Å². The van der Waals surface area contributed by atoms with E-state index in [2.05, 4.69) is 38.1 Å².